The summed E-state index contributed by atoms with van der Waals surface area (Å²) < 4.78 is 2.50. The van der Waals surface area contributed by atoms with Crippen LogP contribution in [0.5, 0.6) is 0 Å². The molecular weight excluding hydrogens is 418 g/mol. The molecule has 0 spiro atoms. The van der Waals surface area contributed by atoms with E-state index in [-0.39, 0.29) is 11.6 Å². The Kier molecular flexibility index (Phi) is 5.16. The van der Waals surface area contributed by atoms with E-state index in [1.165, 1.54) is 0 Å². The molecule has 0 unspecified atom stereocenters. The highest BCUT2D eigenvalue weighted by Gasteiger charge is 2.23. The van der Waals surface area contributed by atoms with Crippen LogP contribution in [0.3, 0.4) is 0 Å². The molecule has 0 bridgehead atoms. The summed E-state index contributed by atoms with van der Waals surface area (Å²) in [4.78, 5) is 20.3. The molecular formula is C21H20BrN5O. The molecule has 28 heavy (non-hydrogen) atoms. The fraction of sp³-hybridized carbons (Fsp3) is 0.286. The molecule has 7 heteroatoms. The van der Waals surface area contributed by atoms with Crippen molar-refractivity contribution in [2.45, 2.75) is 25.4 Å². The van der Waals surface area contributed by atoms with Gasteiger partial charge in [0, 0.05) is 23.6 Å². The molecule has 2 heterocycles. The van der Waals surface area contributed by atoms with Gasteiger partial charge in [-0.3, -0.25) is 9.36 Å². The van der Waals surface area contributed by atoms with Crippen LogP contribution in [0.15, 0.2) is 51.7 Å². The van der Waals surface area contributed by atoms with E-state index in [1.807, 2.05) is 30.3 Å². The Balaban J connectivity index is 1.91. The third-order valence-corrected chi connectivity index (χ3v) is 5.60. The van der Waals surface area contributed by atoms with E-state index >= 15 is 0 Å². The first-order valence-electron chi connectivity index (χ1n) is 9.25. The minimum absolute atomic E-state index is 0.0612. The second kappa shape index (κ2) is 7.74. The topological polar surface area (TPSA) is 87.9 Å². The van der Waals surface area contributed by atoms with Crippen LogP contribution in [0, 0.1) is 11.3 Å². The zero-order valence-corrected chi connectivity index (χ0v) is 16.9. The summed E-state index contributed by atoms with van der Waals surface area (Å²) in [7, 11) is 0. The predicted molar refractivity (Wildman–Crippen MR) is 113 cm³/mol. The third kappa shape index (κ3) is 3.53. The summed E-state index contributed by atoms with van der Waals surface area (Å²) >= 11 is 3.44. The highest BCUT2D eigenvalue weighted by Crippen LogP contribution is 2.23. The normalized spacial score (nSPS) is 16.9. The fourth-order valence-corrected chi connectivity index (χ4v) is 4.06. The molecule has 6 nitrogen and oxygen atoms in total. The van der Waals surface area contributed by atoms with Crippen LogP contribution in [0.25, 0.3) is 10.9 Å². The van der Waals surface area contributed by atoms with Gasteiger partial charge in [0.25, 0.3) is 5.56 Å². The molecule has 0 radical (unpaired) electrons. The van der Waals surface area contributed by atoms with Gasteiger partial charge in [-0.25, -0.2) is 4.98 Å². The van der Waals surface area contributed by atoms with Gasteiger partial charge >= 0.3 is 0 Å². The Morgan fingerprint density at radius 1 is 1.29 bits per heavy atom. The highest BCUT2D eigenvalue weighted by molar-refractivity contribution is 9.10. The van der Waals surface area contributed by atoms with Gasteiger partial charge in [-0.1, -0.05) is 34.1 Å². The highest BCUT2D eigenvalue weighted by atomic mass is 79.9. The van der Waals surface area contributed by atoms with Crippen molar-refractivity contribution in [1.29, 1.82) is 5.26 Å². The largest absolute Gasteiger partial charge is 0.341 e. The number of hydrogen-bond acceptors (Lipinski definition) is 5. The lowest BCUT2D eigenvalue weighted by atomic mass is 10.1. The van der Waals surface area contributed by atoms with Crippen molar-refractivity contribution < 1.29 is 0 Å². The van der Waals surface area contributed by atoms with Crippen LogP contribution in [0.1, 0.15) is 24.0 Å². The second-order valence-electron chi connectivity index (χ2n) is 7.08. The molecule has 2 N–H and O–H groups in total. The van der Waals surface area contributed by atoms with Crippen molar-refractivity contribution in [2.75, 3.05) is 18.0 Å². The van der Waals surface area contributed by atoms with Crippen molar-refractivity contribution in [3.05, 3.63) is 68.4 Å². The summed E-state index contributed by atoms with van der Waals surface area (Å²) in [5.74, 6) is 0.614. The van der Waals surface area contributed by atoms with E-state index < -0.39 is 0 Å². The van der Waals surface area contributed by atoms with E-state index in [2.05, 4.69) is 26.9 Å². The number of nitriles is 1. The van der Waals surface area contributed by atoms with Gasteiger partial charge in [-0.2, -0.15) is 5.26 Å². The number of anilines is 1. The minimum Gasteiger partial charge on any atom is -0.341 e. The first-order valence-corrected chi connectivity index (χ1v) is 10.0. The average molecular weight is 438 g/mol. The van der Waals surface area contributed by atoms with Crippen LogP contribution in [-0.4, -0.2) is 28.7 Å². The van der Waals surface area contributed by atoms with Gasteiger partial charge in [0.1, 0.15) is 0 Å². The minimum atomic E-state index is -0.117. The SMILES string of the molecule is N#Cc1ccccc1Cn1c(N2CCC[C@@H](N)C2)nc2ccc(Br)cc2c1=O. The van der Waals surface area contributed by atoms with Crippen molar-refractivity contribution in [1.82, 2.24) is 9.55 Å². The molecule has 142 valence electrons. The van der Waals surface area contributed by atoms with Gasteiger partial charge in [0.15, 0.2) is 0 Å². The molecule has 1 aromatic heterocycles. The molecule has 1 aliphatic rings. The Hall–Kier alpha value is -2.69. The standard InChI is InChI=1S/C21H20BrN5O/c22-16-7-8-19-18(10-16)20(28)27(12-15-5-2-1-4-14(15)11-23)21(25-19)26-9-3-6-17(24)13-26/h1-2,4-5,7-8,10,17H,3,6,9,12-13,24H2/t17-/m1/s1. The zero-order valence-electron chi connectivity index (χ0n) is 15.3. The van der Waals surface area contributed by atoms with Gasteiger partial charge in [0.05, 0.1) is 29.1 Å². The maximum absolute atomic E-state index is 13.4. The van der Waals surface area contributed by atoms with Gasteiger partial charge in [0.2, 0.25) is 5.95 Å². The molecule has 0 aliphatic carbocycles. The van der Waals surface area contributed by atoms with Gasteiger partial charge < -0.3 is 10.6 Å². The smallest absolute Gasteiger partial charge is 0.263 e. The fourth-order valence-electron chi connectivity index (χ4n) is 3.69. The lowest BCUT2D eigenvalue weighted by Gasteiger charge is -2.33. The number of halogens is 1. The van der Waals surface area contributed by atoms with Crippen LogP contribution >= 0.6 is 15.9 Å². The lowest BCUT2D eigenvalue weighted by molar-refractivity contribution is 0.492. The Morgan fingerprint density at radius 2 is 2.11 bits per heavy atom. The van der Waals surface area contributed by atoms with Crippen LogP contribution in [-0.2, 0) is 6.54 Å². The molecule has 1 fully saturated rings. The molecule has 0 saturated carbocycles. The number of aromatic nitrogens is 2. The Bertz CT molecular complexity index is 1130. The number of piperidine rings is 1. The number of fused-ring (bicyclic) bond motifs is 1. The summed E-state index contributed by atoms with van der Waals surface area (Å²) in [5, 5.41) is 9.99. The van der Waals surface area contributed by atoms with Crippen molar-refractivity contribution >= 4 is 32.8 Å². The van der Waals surface area contributed by atoms with E-state index in [9.17, 15) is 10.1 Å². The number of hydrogen-bond donors (Lipinski definition) is 1. The first kappa shape index (κ1) is 18.7. The van der Waals surface area contributed by atoms with Gasteiger partial charge in [-0.15, -0.1) is 0 Å². The first-order chi connectivity index (χ1) is 13.6. The monoisotopic (exact) mass is 437 g/mol. The number of rotatable bonds is 3. The summed E-state index contributed by atoms with van der Waals surface area (Å²) in [6.07, 6.45) is 1.93. The molecule has 1 aliphatic heterocycles. The van der Waals surface area contributed by atoms with E-state index in [0.29, 0.717) is 35.5 Å². The molecule has 0 amide bonds. The van der Waals surface area contributed by atoms with E-state index in [0.717, 1.165) is 29.4 Å². The summed E-state index contributed by atoms with van der Waals surface area (Å²) in [6, 6.07) is 15.1. The quantitative estimate of drug-likeness (QED) is 0.680. The maximum Gasteiger partial charge on any atom is 0.263 e. The van der Waals surface area contributed by atoms with E-state index in [4.69, 9.17) is 10.7 Å². The molecule has 2 aromatic carbocycles. The number of nitrogens with two attached hydrogens (primary N) is 1. The average Bonchev–Trinajstić information content (AvgIpc) is 2.70. The lowest BCUT2D eigenvalue weighted by Crippen LogP contribution is -2.45. The second-order valence-corrected chi connectivity index (χ2v) is 8.00. The van der Waals surface area contributed by atoms with Gasteiger partial charge in [-0.05, 0) is 42.7 Å². The Labute approximate surface area is 171 Å². The van der Waals surface area contributed by atoms with E-state index in [1.54, 1.807) is 16.7 Å². The molecule has 3 aromatic rings. The van der Waals surface area contributed by atoms with Crippen molar-refractivity contribution in [3.63, 3.8) is 0 Å². The van der Waals surface area contributed by atoms with Crippen LogP contribution in [0.4, 0.5) is 5.95 Å². The summed E-state index contributed by atoms with van der Waals surface area (Å²) in [5.41, 5.74) is 8.07. The van der Waals surface area contributed by atoms with Crippen LogP contribution < -0.4 is 16.2 Å². The maximum atomic E-state index is 13.4. The molecule has 4 rings (SSSR count). The number of nitrogens with zero attached hydrogens (tertiary/aromatic N) is 4. The van der Waals surface area contributed by atoms with Crippen molar-refractivity contribution in [2.24, 2.45) is 5.73 Å². The molecule has 1 saturated heterocycles. The molecule has 1 atom stereocenters. The third-order valence-electron chi connectivity index (χ3n) is 5.10. The van der Waals surface area contributed by atoms with Crippen LogP contribution in [0.2, 0.25) is 0 Å². The number of benzene rings is 2. The Morgan fingerprint density at radius 3 is 2.89 bits per heavy atom. The predicted octanol–water partition coefficient (Wildman–Crippen LogP) is 3.01. The zero-order chi connectivity index (χ0) is 19.7. The summed E-state index contributed by atoms with van der Waals surface area (Å²) in [6.45, 7) is 1.76. The van der Waals surface area contributed by atoms with Crippen molar-refractivity contribution in [3.8, 4) is 6.07 Å².